The SMILES string of the molecule is CC1OCCC1(CN)Cc1cccc(Cl)c1F. The molecule has 0 aromatic heterocycles. The first kappa shape index (κ1) is 12.8. The fraction of sp³-hybridized carbons (Fsp3) is 0.538. The summed E-state index contributed by atoms with van der Waals surface area (Å²) in [6, 6.07) is 5.10. The highest BCUT2D eigenvalue weighted by Gasteiger charge is 2.40. The summed E-state index contributed by atoms with van der Waals surface area (Å²) in [7, 11) is 0. The molecule has 2 rings (SSSR count). The Morgan fingerprint density at radius 2 is 2.35 bits per heavy atom. The molecule has 0 spiro atoms. The van der Waals surface area contributed by atoms with Gasteiger partial charge in [-0.25, -0.2) is 4.39 Å². The van der Waals surface area contributed by atoms with Gasteiger partial charge in [-0.2, -0.15) is 0 Å². The van der Waals surface area contributed by atoms with Crippen LogP contribution in [-0.4, -0.2) is 19.3 Å². The van der Waals surface area contributed by atoms with E-state index < -0.39 is 0 Å². The topological polar surface area (TPSA) is 35.2 Å². The molecule has 0 saturated carbocycles. The van der Waals surface area contributed by atoms with Gasteiger partial charge in [0.1, 0.15) is 5.82 Å². The van der Waals surface area contributed by atoms with E-state index >= 15 is 0 Å². The van der Waals surface area contributed by atoms with Gasteiger partial charge in [-0.3, -0.25) is 0 Å². The van der Waals surface area contributed by atoms with E-state index in [-0.39, 0.29) is 22.4 Å². The lowest BCUT2D eigenvalue weighted by Gasteiger charge is -2.31. The van der Waals surface area contributed by atoms with Crippen molar-refractivity contribution in [3.05, 3.63) is 34.6 Å². The van der Waals surface area contributed by atoms with E-state index in [4.69, 9.17) is 22.1 Å². The van der Waals surface area contributed by atoms with Gasteiger partial charge in [0, 0.05) is 18.6 Å². The van der Waals surface area contributed by atoms with E-state index in [1.54, 1.807) is 18.2 Å². The van der Waals surface area contributed by atoms with Crippen molar-refractivity contribution in [2.75, 3.05) is 13.2 Å². The highest BCUT2D eigenvalue weighted by Crippen LogP contribution is 2.38. The van der Waals surface area contributed by atoms with Crippen molar-refractivity contribution in [1.82, 2.24) is 0 Å². The summed E-state index contributed by atoms with van der Waals surface area (Å²) < 4.78 is 19.4. The molecule has 1 saturated heterocycles. The number of halogens is 2. The van der Waals surface area contributed by atoms with Crippen LogP contribution in [0.4, 0.5) is 4.39 Å². The predicted octanol–water partition coefficient (Wildman–Crippen LogP) is 2.78. The van der Waals surface area contributed by atoms with Crippen LogP contribution in [0.15, 0.2) is 18.2 Å². The minimum absolute atomic E-state index is 0.0610. The molecule has 2 unspecified atom stereocenters. The molecule has 0 radical (unpaired) electrons. The fourth-order valence-electron chi connectivity index (χ4n) is 2.46. The molecule has 4 heteroatoms. The molecule has 1 aliphatic rings. The summed E-state index contributed by atoms with van der Waals surface area (Å²) in [5, 5.41) is 0.168. The van der Waals surface area contributed by atoms with Gasteiger partial charge < -0.3 is 10.5 Å². The Morgan fingerprint density at radius 1 is 1.59 bits per heavy atom. The van der Waals surface area contributed by atoms with Gasteiger partial charge in [0.25, 0.3) is 0 Å². The molecule has 1 fully saturated rings. The highest BCUT2D eigenvalue weighted by atomic mass is 35.5. The summed E-state index contributed by atoms with van der Waals surface area (Å²) >= 11 is 5.79. The molecule has 2 nitrogen and oxygen atoms in total. The zero-order chi connectivity index (χ0) is 12.5. The van der Waals surface area contributed by atoms with Crippen molar-refractivity contribution < 1.29 is 9.13 Å². The first-order valence-corrected chi connectivity index (χ1v) is 6.21. The minimum Gasteiger partial charge on any atom is -0.378 e. The second-order valence-electron chi connectivity index (χ2n) is 4.72. The molecule has 1 aliphatic heterocycles. The lowest BCUT2D eigenvalue weighted by atomic mass is 9.76. The molecule has 2 atom stereocenters. The average Bonchev–Trinajstić information content (AvgIpc) is 2.67. The summed E-state index contributed by atoms with van der Waals surface area (Å²) in [5.41, 5.74) is 6.32. The first-order valence-electron chi connectivity index (χ1n) is 5.83. The third kappa shape index (κ3) is 2.32. The molecular formula is C13H17ClFNO. The van der Waals surface area contributed by atoms with Crippen LogP contribution >= 0.6 is 11.6 Å². The highest BCUT2D eigenvalue weighted by molar-refractivity contribution is 6.30. The van der Waals surface area contributed by atoms with Crippen LogP contribution in [0.5, 0.6) is 0 Å². The molecule has 0 aliphatic carbocycles. The molecule has 94 valence electrons. The van der Waals surface area contributed by atoms with Crippen molar-refractivity contribution >= 4 is 11.6 Å². The van der Waals surface area contributed by atoms with Gasteiger partial charge in [0.15, 0.2) is 0 Å². The quantitative estimate of drug-likeness (QED) is 0.904. The maximum absolute atomic E-state index is 13.9. The fourth-order valence-corrected chi connectivity index (χ4v) is 2.65. The van der Waals surface area contributed by atoms with E-state index in [1.807, 2.05) is 6.92 Å². The van der Waals surface area contributed by atoms with E-state index in [2.05, 4.69) is 0 Å². The normalized spacial score (nSPS) is 28.6. The maximum Gasteiger partial charge on any atom is 0.144 e. The zero-order valence-electron chi connectivity index (χ0n) is 9.88. The third-order valence-electron chi connectivity index (χ3n) is 3.81. The Kier molecular flexibility index (Phi) is 3.71. The average molecular weight is 258 g/mol. The molecule has 0 amide bonds. The van der Waals surface area contributed by atoms with Gasteiger partial charge in [0.2, 0.25) is 0 Å². The number of rotatable bonds is 3. The first-order chi connectivity index (χ1) is 8.09. The number of nitrogens with two attached hydrogens (primary N) is 1. The number of hydrogen-bond donors (Lipinski definition) is 1. The van der Waals surface area contributed by atoms with Crippen LogP contribution in [0.2, 0.25) is 5.02 Å². The standard InChI is InChI=1S/C13H17ClFNO/c1-9-13(8-16,5-6-17-9)7-10-3-2-4-11(14)12(10)15/h2-4,9H,5-8,16H2,1H3. The van der Waals surface area contributed by atoms with Crippen molar-refractivity contribution in [1.29, 1.82) is 0 Å². The number of benzene rings is 1. The molecule has 1 aromatic carbocycles. The summed E-state index contributed by atoms with van der Waals surface area (Å²) in [5.74, 6) is -0.332. The second kappa shape index (κ2) is 4.92. The van der Waals surface area contributed by atoms with Gasteiger partial charge in [0.05, 0.1) is 11.1 Å². The molecule has 1 heterocycles. The van der Waals surface area contributed by atoms with Gasteiger partial charge in [-0.15, -0.1) is 0 Å². The largest absolute Gasteiger partial charge is 0.378 e. The van der Waals surface area contributed by atoms with E-state index in [9.17, 15) is 4.39 Å². The molecule has 2 N–H and O–H groups in total. The van der Waals surface area contributed by atoms with Crippen molar-refractivity contribution in [3.63, 3.8) is 0 Å². The van der Waals surface area contributed by atoms with Crippen LogP contribution in [-0.2, 0) is 11.2 Å². The van der Waals surface area contributed by atoms with Crippen LogP contribution in [0.3, 0.4) is 0 Å². The summed E-state index contributed by atoms with van der Waals surface area (Å²) in [4.78, 5) is 0. The minimum atomic E-state index is -0.332. The van der Waals surface area contributed by atoms with Gasteiger partial charge >= 0.3 is 0 Å². The number of hydrogen-bond acceptors (Lipinski definition) is 2. The van der Waals surface area contributed by atoms with Crippen LogP contribution in [0.1, 0.15) is 18.9 Å². The summed E-state index contributed by atoms with van der Waals surface area (Å²) in [6.45, 7) is 3.20. The predicted molar refractivity (Wildman–Crippen MR) is 66.6 cm³/mol. The van der Waals surface area contributed by atoms with E-state index in [0.717, 1.165) is 6.42 Å². The molecule has 1 aromatic rings. The Balaban J connectivity index is 2.27. The number of ether oxygens (including phenoxy) is 1. The lowest BCUT2D eigenvalue weighted by molar-refractivity contribution is 0.0670. The smallest absolute Gasteiger partial charge is 0.144 e. The van der Waals surface area contributed by atoms with Crippen molar-refractivity contribution in [2.45, 2.75) is 25.9 Å². The van der Waals surface area contributed by atoms with Crippen LogP contribution < -0.4 is 5.73 Å². The van der Waals surface area contributed by atoms with Crippen LogP contribution in [0.25, 0.3) is 0 Å². The Hall–Kier alpha value is -0.640. The molecule has 0 bridgehead atoms. The maximum atomic E-state index is 13.9. The Labute approximate surface area is 106 Å². The van der Waals surface area contributed by atoms with Crippen LogP contribution in [0, 0.1) is 11.2 Å². The van der Waals surface area contributed by atoms with Gasteiger partial charge in [-0.1, -0.05) is 23.7 Å². The Bertz CT molecular complexity index is 412. The van der Waals surface area contributed by atoms with Gasteiger partial charge in [-0.05, 0) is 31.4 Å². The van der Waals surface area contributed by atoms with Crippen molar-refractivity contribution in [2.24, 2.45) is 11.1 Å². The monoisotopic (exact) mass is 257 g/mol. The Morgan fingerprint density at radius 3 is 2.94 bits per heavy atom. The van der Waals surface area contributed by atoms with E-state index in [1.165, 1.54) is 0 Å². The zero-order valence-corrected chi connectivity index (χ0v) is 10.6. The lowest BCUT2D eigenvalue weighted by Crippen LogP contribution is -2.39. The second-order valence-corrected chi connectivity index (χ2v) is 5.13. The molecule has 17 heavy (non-hydrogen) atoms. The van der Waals surface area contributed by atoms with Crippen molar-refractivity contribution in [3.8, 4) is 0 Å². The van der Waals surface area contributed by atoms with E-state index in [0.29, 0.717) is 25.1 Å². The molecular weight excluding hydrogens is 241 g/mol. The summed E-state index contributed by atoms with van der Waals surface area (Å²) in [6.07, 6.45) is 1.51. The third-order valence-corrected chi connectivity index (χ3v) is 4.10.